The van der Waals surface area contributed by atoms with E-state index in [9.17, 15) is 13.2 Å². The summed E-state index contributed by atoms with van der Waals surface area (Å²) in [5, 5.41) is 3.78. The Balaban J connectivity index is 0.00000240. The molecule has 0 bridgehead atoms. The second kappa shape index (κ2) is 6.93. The van der Waals surface area contributed by atoms with Gasteiger partial charge in [-0.3, -0.25) is 0 Å². The van der Waals surface area contributed by atoms with Gasteiger partial charge in [0, 0.05) is 39.0 Å². The predicted molar refractivity (Wildman–Crippen MR) is 109 cm³/mol. The van der Waals surface area contributed by atoms with Crippen molar-refractivity contribution in [3.05, 3.63) is 41.7 Å². The van der Waals surface area contributed by atoms with Crippen LogP contribution in [-0.2, 0) is 10.0 Å². The number of furan rings is 1. The molecule has 1 aromatic heterocycles. The van der Waals surface area contributed by atoms with E-state index >= 15 is 0 Å². The van der Waals surface area contributed by atoms with E-state index in [-0.39, 0.29) is 18.4 Å². The highest BCUT2D eigenvalue weighted by atomic mass is 32.2. The monoisotopic (exact) mass is 405 g/mol. The van der Waals surface area contributed by atoms with Crippen LogP contribution in [0.25, 0.3) is 11.0 Å². The van der Waals surface area contributed by atoms with E-state index in [2.05, 4.69) is 19.2 Å². The van der Waals surface area contributed by atoms with Crippen LogP contribution >= 0.6 is 0 Å². The molecule has 0 unspecified atom stereocenters. The maximum Gasteiger partial charge on any atom is 0.318 e. The molecule has 0 radical (unpaired) electrons. The predicted octanol–water partition coefficient (Wildman–Crippen LogP) is 3.05. The summed E-state index contributed by atoms with van der Waals surface area (Å²) in [6.45, 7) is 7.77. The van der Waals surface area contributed by atoms with Crippen LogP contribution in [0.4, 0.5) is 4.79 Å². The topological polar surface area (TPSA) is 82.9 Å². The fourth-order valence-corrected chi connectivity index (χ4v) is 5.03. The van der Waals surface area contributed by atoms with E-state index in [0.717, 1.165) is 16.5 Å². The van der Waals surface area contributed by atoms with Crippen molar-refractivity contribution in [3.63, 3.8) is 0 Å². The molecule has 0 spiro atoms. The summed E-state index contributed by atoms with van der Waals surface area (Å²) in [4.78, 5) is 14.5. The molecule has 152 valence electrons. The van der Waals surface area contributed by atoms with Gasteiger partial charge in [-0.05, 0) is 48.3 Å². The Morgan fingerprint density at radius 1 is 1.11 bits per heavy atom. The maximum atomic E-state index is 13.0. The number of nitrogens with one attached hydrogen (secondary N) is 1. The Kier molecular flexibility index (Phi) is 4.71. The van der Waals surface area contributed by atoms with Gasteiger partial charge >= 0.3 is 6.03 Å². The SMILES string of the molecule is CC(C)[C@H](C)NC(=O)N1CC2=C(C1)CN(S(=O)(=O)c1ccc3occc3c1)C2.[HH]. The Morgan fingerprint density at radius 2 is 1.79 bits per heavy atom. The van der Waals surface area contributed by atoms with Gasteiger partial charge in [-0.2, -0.15) is 4.31 Å². The summed E-state index contributed by atoms with van der Waals surface area (Å²) >= 11 is 0. The normalized spacial score (nSPS) is 18.9. The molecule has 28 heavy (non-hydrogen) atoms. The summed E-state index contributed by atoms with van der Waals surface area (Å²) < 4.78 is 32.9. The average molecular weight is 406 g/mol. The smallest absolute Gasteiger partial charge is 0.318 e. The molecule has 1 aromatic carbocycles. The lowest BCUT2D eigenvalue weighted by molar-refractivity contribution is 0.201. The minimum absolute atomic E-state index is 0. The molecule has 8 heteroatoms. The van der Waals surface area contributed by atoms with Gasteiger partial charge in [0.25, 0.3) is 0 Å². The van der Waals surface area contributed by atoms with Crippen LogP contribution in [0.1, 0.15) is 22.2 Å². The Bertz CT molecular complexity index is 1040. The third kappa shape index (κ3) is 3.31. The minimum atomic E-state index is -3.59. The van der Waals surface area contributed by atoms with Crippen molar-refractivity contribution in [2.75, 3.05) is 26.2 Å². The Hall–Kier alpha value is -2.32. The van der Waals surface area contributed by atoms with Gasteiger partial charge in [0.1, 0.15) is 5.58 Å². The number of rotatable bonds is 4. The van der Waals surface area contributed by atoms with E-state index in [0.29, 0.717) is 37.7 Å². The second-order valence-electron chi connectivity index (χ2n) is 7.94. The zero-order valence-corrected chi connectivity index (χ0v) is 17.1. The summed E-state index contributed by atoms with van der Waals surface area (Å²) in [6, 6.07) is 6.67. The maximum absolute atomic E-state index is 13.0. The highest BCUT2D eigenvalue weighted by Gasteiger charge is 2.37. The Labute approximate surface area is 166 Å². The number of benzene rings is 1. The first kappa shape index (κ1) is 19.0. The zero-order chi connectivity index (χ0) is 20.1. The van der Waals surface area contributed by atoms with Crippen molar-refractivity contribution in [2.45, 2.75) is 31.7 Å². The van der Waals surface area contributed by atoms with Crippen LogP contribution in [0.15, 0.2) is 51.0 Å². The number of urea groups is 1. The van der Waals surface area contributed by atoms with E-state index < -0.39 is 10.0 Å². The molecule has 2 aromatic rings. The number of sulfonamides is 1. The molecule has 4 rings (SSSR count). The first-order chi connectivity index (χ1) is 13.3. The third-order valence-corrected chi connectivity index (χ3v) is 7.49. The summed E-state index contributed by atoms with van der Waals surface area (Å²) in [7, 11) is -3.59. The average Bonchev–Trinajstić information content (AvgIpc) is 3.34. The van der Waals surface area contributed by atoms with Gasteiger partial charge in [-0.15, -0.1) is 0 Å². The lowest BCUT2D eigenvalue weighted by atomic mass is 10.1. The van der Waals surface area contributed by atoms with Crippen LogP contribution in [0.2, 0.25) is 0 Å². The largest absolute Gasteiger partial charge is 0.464 e. The number of nitrogens with zero attached hydrogens (tertiary/aromatic N) is 2. The van der Waals surface area contributed by atoms with E-state index in [1.54, 1.807) is 35.4 Å². The fraction of sp³-hybridized carbons (Fsp3) is 0.450. The quantitative estimate of drug-likeness (QED) is 0.793. The summed E-state index contributed by atoms with van der Waals surface area (Å²) in [6.07, 6.45) is 1.55. The molecule has 1 N–H and O–H groups in total. The van der Waals surface area contributed by atoms with Crippen LogP contribution in [0, 0.1) is 5.92 Å². The molecule has 1 atom stereocenters. The Morgan fingerprint density at radius 3 is 2.43 bits per heavy atom. The first-order valence-electron chi connectivity index (χ1n) is 9.48. The van der Waals surface area contributed by atoms with Gasteiger partial charge in [-0.25, -0.2) is 13.2 Å². The van der Waals surface area contributed by atoms with Gasteiger partial charge in [0.15, 0.2) is 0 Å². The number of amides is 2. The highest BCUT2D eigenvalue weighted by Crippen LogP contribution is 2.31. The van der Waals surface area contributed by atoms with E-state index in [4.69, 9.17) is 4.42 Å². The number of carbonyl (C=O) groups excluding carboxylic acids is 1. The van der Waals surface area contributed by atoms with Crippen LogP contribution in [0.5, 0.6) is 0 Å². The first-order valence-corrected chi connectivity index (χ1v) is 10.9. The molecule has 3 heterocycles. The van der Waals surface area contributed by atoms with Crippen molar-refractivity contribution in [1.29, 1.82) is 0 Å². The van der Waals surface area contributed by atoms with Crippen LogP contribution < -0.4 is 5.32 Å². The molecule has 0 saturated carbocycles. The number of fused-ring (bicyclic) bond motifs is 1. The minimum Gasteiger partial charge on any atom is -0.464 e. The molecule has 7 nitrogen and oxygen atoms in total. The molecular weight excluding hydrogens is 378 g/mol. The molecule has 2 aliphatic heterocycles. The zero-order valence-electron chi connectivity index (χ0n) is 16.3. The lowest BCUT2D eigenvalue weighted by Crippen LogP contribution is -2.46. The standard InChI is InChI=1S/C20H25N3O4S.H2/c1-13(2)14(3)21-20(24)22-9-16-11-23(12-17(16)10-22)28(25,26)18-4-5-19-15(8-18)6-7-27-19;/h4-8,13-14H,9-12H2,1-3H3,(H,21,24);1H/t14-;/m0./s1. The molecule has 0 aliphatic carbocycles. The molecule has 0 fully saturated rings. The van der Waals surface area contributed by atoms with Gasteiger partial charge < -0.3 is 14.6 Å². The summed E-state index contributed by atoms with van der Waals surface area (Å²) in [5.41, 5.74) is 2.72. The van der Waals surface area contributed by atoms with Crippen molar-refractivity contribution in [3.8, 4) is 0 Å². The number of hydrogen-bond donors (Lipinski definition) is 1. The van der Waals surface area contributed by atoms with Gasteiger partial charge in [0.05, 0.1) is 11.2 Å². The van der Waals surface area contributed by atoms with Crippen molar-refractivity contribution in [1.82, 2.24) is 14.5 Å². The molecular formula is C20H27N3O4S. The lowest BCUT2D eigenvalue weighted by Gasteiger charge is -2.25. The van der Waals surface area contributed by atoms with E-state index in [1.807, 2.05) is 6.92 Å². The number of carbonyl (C=O) groups is 1. The molecule has 2 aliphatic rings. The van der Waals surface area contributed by atoms with Gasteiger partial charge in [0.2, 0.25) is 10.0 Å². The van der Waals surface area contributed by atoms with Crippen molar-refractivity contribution >= 4 is 27.0 Å². The van der Waals surface area contributed by atoms with Crippen molar-refractivity contribution in [2.24, 2.45) is 5.92 Å². The third-order valence-electron chi connectivity index (χ3n) is 5.70. The van der Waals surface area contributed by atoms with Crippen LogP contribution in [-0.4, -0.2) is 55.9 Å². The van der Waals surface area contributed by atoms with Crippen molar-refractivity contribution < 1.29 is 19.1 Å². The van der Waals surface area contributed by atoms with E-state index in [1.165, 1.54) is 4.31 Å². The fourth-order valence-electron chi connectivity index (χ4n) is 3.57. The van der Waals surface area contributed by atoms with Crippen LogP contribution in [0.3, 0.4) is 0 Å². The second-order valence-corrected chi connectivity index (χ2v) is 9.88. The number of hydrogen-bond acceptors (Lipinski definition) is 4. The van der Waals surface area contributed by atoms with Gasteiger partial charge in [-0.1, -0.05) is 13.8 Å². The molecule has 2 amide bonds. The summed E-state index contributed by atoms with van der Waals surface area (Å²) in [5.74, 6) is 0.361. The molecule has 0 saturated heterocycles. The highest BCUT2D eigenvalue weighted by molar-refractivity contribution is 7.89.